The normalized spacial score (nSPS) is 15.2. The summed E-state index contributed by atoms with van der Waals surface area (Å²) in [5.74, 6) is 1.78. The molecule has 5 nitrogen and oxygen atoms in total. The maximum atomic E-state index is 4.64. The van der Waals surface area contributed by atoms with Crippen molar-refractivity contribution in [3.63, 3.8) is 0 Å². The molecule has 22 heavy (non-hydrogen) atoms. The number of aryl methyl sites for hydroxylation is 1. The Hall–Kier alpha value is -2.04. The Kier molecular flexibility index (Phi) is 4.93. The number of nitrogens with zero attached hydrogens (tertiary/aromatic N) is 3. The molecule has 1 saturated carbocycles. The number of para-hydroxylation sites is 2. The summed E-state index contributed by atoms with van der Waals surface area (Å²) in [4.78, 5) is 9.06. The quantitative estimate of drug-likeness (QED) is 0.469. The molecule has 0 bridgehead atoms. The topological polar surface area (TPSA) is 54.2 Å². The zero-order valence-corrected chi connectivity index (χ0v) is 13.3. The van der Waals surface area contributed by atoms with Crippen molar-refractivity contribution in [3.8, 4) is 0 Å². The highest BCUT2D eigenvalue weighted by Crippen LogP contribution is 2.28. The lowest BCUT2D eigenvalue weighted by atomic mass is 10.3. The summed E-state index contributed by atoms with van der Waals surface area (Å²) >= 11 is 0. The van der Waals surface area contributed by atoms with Gasteiger partial charge in [0.1, 0.15) is 0 Å². The second kappa shape index (κ2) is 7.29. The first-order valence-electron chi connectivity index (χ1n) is 8.29. The Morgan fingerprint density at radius 2 is 2.18 bits per heavy atom. The van der Waals surface area contributed by atoms with Gasteiger partial charge in [-0.25, -0.2) is 4.98 Å². The van der Waals surface area contributed by atoms with Crippen molar-refractivity contribution in [2.24, 2.45) is 10.9 Å². The van der Waals surface area contributed by atoms with Crippen LogP contribution in [0.15, 0.2) is 35.6 Å². The third-order valence-corrected chi connectivity index (χ3v) is 3.94. The van der Waals surface area contributed by atoms with Crippen molar-refractivity contribution in [1.82, 2.24) is 20.2 Å². The average molecular weight is 299 g/mol. The molecule has 0 aliphatic heterocycles. The van der Waals surface area contributed by atoms with Crippen LogP contribution in [-0.2, 0) is 6.54 Å². The smallest absolute Gasteiger partial charge is 0.191 e. The fraction of sp³-hybridized carbons (Fsp3) is 0.529. The molecule has 0 radical (unpaired) electrons. The van der Waals surface area contributed by atoms with Crippen LogP contribution in [0.4, 0.5) is 0 Å². The van der Waals surface area contributed by atoms with Crippen molar-refractivity contribution in [1.29, 1.82) is 0 Å². The molecule has 118 valence electrons. The summed E-state index contributed by atoms with van der Waals surface area (Å²) in [5.41, 5.74) is 2.27. The monoisotopic (exact) mass is 299 g/mol. The molecular weight excluding hydrogens is 274 g/mol. The molecule has 0 spiro atoms. The Labute approximate surface area is 131 Å². The van der Waals surface area contributed by atoms with E-state index in [0.717, 1.165) is 50.0 Å². The molecule has 0 saturated heterocycles. The molecule has 0 unspecified atom stereocenters. The highest BCUT2D eigenvalue weighted by molar-refractivity contribution is 5.79. The van der Waals surface area contributed by atoms with Gasteiger partial charge >= 0.3 is 0 Å². The fourth-order valence-electron chi connectivity index (χ4n) is 2.51. The minimum Gasteiger partial charge on any atom is -0.357 e. The maximum absolute atomic E-state index is 4.64. The predicted molar refractivity (Wildman–Crippen MR) is 91.1 cm³/mol. The summed E-state index contributed by atoms with van der Waals surface area (Å²) in [5, 5.41) is 6.73. The first-order chi connectivity index (χ1) is 10.9. The second-order valence-electron chi connectivity index (χ2n) is 5.87. The molecule has 1 aromatic carbocycles. The first-order valence-corrected chi connectivity index (χ1v) is 8.29. The molecule has 2 N–H and O–H groups in total. The first kappa shape index (κ1) is 14.9. The largest absolute Gasteiger partial charge is 0.357 e. The van der Waals surface area contributed by atoms with Gasteiger partial charge in [-0.3, -0.25) is 4.99 Å². The number of hydrogen-bond donors (Lipinski definition) is 2. The standard InChI is InChI=1S/C17H25N5/c1-2-18-17(20-12-14-8-9-14)19-10-5-11-22-13-21-15-6-3-4-7-16(15)22/h3-4,6-7,13-14H,2,5,8-12H2,1H3,(H2,18,19,20). The molecule has 1 fully saturated rings. The lowest BCUT2D eigenvalue weighted by molar-refractivity contribution is 0.636. The summed E-state index contributed by atoms with van der Waals surface area (Å²) in [6.45, 7) is 5.86. The van der Waals surface area contributed by atoms with Gasteiger partial charge in [0.15, 0.2) is 5.96 Å². The van der Waals surface area contributed by atoms with Crippen LogP contribution < -0.4 is 10.6 Å². The lowest BCUT2D eigenvalue weighted by Crippen LogP contribution is -2.38. The zero-order chi connectivity index (χ0) is 15.2. The van der Waals surface area contributed by atoms with Crippen LogP contribution in [0.2, 0.25) is 0 Å². The van der Waals surface area contributed by atoms with Crippen molar-refractivity contribution in [3.05, 3.63) is 30.6 Å². The van der Waals surface area contributed by atoms with E-state index in [1.165, 1.54) is 18.4 Å². The van der Waals surface area contributed by atoms with Gasteiger partial charge in [0.05, 0.1) is 17.4 Å². The Balaban J connectivity index is 1.46. The second-order valence-corrected chi connectivity index (χ2v) is 5.87. The molecule has 1 aliphatic rings. The minimum absolute atomic E-state index is 0.827. The van der Waals surface area contributed by atoms with Gasteiger partial charge < -0.3 is 15.2 Å². The van der Waals surface area contributed by atoms with E-state index in [1.54, 1.807) is 0 Å². The highest BCUT2D eigenvalue weighted by atomic mass is 15.2. The van der Waals surface area contributed by atoms with E-state index < -0.39 is 0 Å². The summed E-state index contributed by atoms with van der Waals surface area (Å²) < 4.78 is 2.21. The zero-order valence-electron chi connectivity index (χ0n) is 13.3. The van der Waals surface area contributed by atoms with E-state index in [2.05, 4.69) is 50.3 Å². The van der Waals surface area contributed by atoms with E-state index in [0.29, 0.717) is 0 Å². The number of fused-ring (bicyclic) bond motifs is 1. The Morgan fingerprint density at radius 3 is 3.00 bits per heavy atom. The molecule has 1 aliphatic carbocycles. The summed E-state index contributed by atoms with van der Waals surface area (Å²) in [7, 11) is 0. The number of aliphatic imine (C=N–C) groups is 1. The number of imidazole rings is 1. The summed E-state index contributed by atoms with van der Waals surface area (Å²) in [6, 6.07) is 8.27. The highest BCUT2D eigenvalue weighted by Gasteiger charge is 2.20. The lowest BCUT2D eigenvalue weighted by Gasteiger charge is -2.11. The van der Waals surface area contributed by atoms with Gasteiger partial charge in [0.25, 0.3) is 0 Å². The van der Waals surface area contributed by atoms with Crippen molar-refractivity contribution >= 4 is 17.0 Å². The van der Waals surface area contributed by atoms with E-state index in [-0.39, 0.29) is 0 Å². The van der Waals surface area contributed by atoms with Crippen LogP contribution in [0.5, 0.6) is 0 Å². The number of nitrogens with one attached hydrogen (secondary N) is 2. The Morgan fingerprint density at radius 1 is 1.32 bits per heavy atom. The molecule has 0 amide bonds. The van der Waals surface area contributed by atoms with Gasteiger partial charge in [-0.2, -0.15) is 0 Å². The average Bonchev–Trinajstić information content (AvgIpc) is 3.28. The number of hydrogen-bond acceptors (Lipinski definition) is 2. The van der Waals surface area contributed by atoms with E-state index >= 15 is 0 Å². The number of aromatic nitrogens is 2. The number of guanidine groups is 1. The van der Waals surface area contributed by atoms with Gasteiger partial charge in [-0.05, 0) is 44.2 Å². The third-order valence-electron chi connectivity index (χ3n) is 3.94. The van der Waals surface area contributed by atoms with Gasteiger partial charge in [-0.1, -0.05) is 12.1 Å². The Bertz CT molecular complexity index is 627. The van der Waals surface area contributed by atoms with Crippen LogP contribution in [0.3, 0.4) is 0 Å². The summed E-state index contributed by atoms with van der Waals surface area (Å²) in [6.07, 6.45) is 5.67. The fourth-order valence-corrected chi connectivity index (χ4v) is 2.51. The van der Waals surface area contributed by atoms with Gasteiger partial charge in [-0.15, -0.1) is 0 Å². The van der Waals surface area contributed by atoms with E-state index in [9.17, 15) is 0 Å². The number of rotatable bonds is 7. The molecule has 5 heteroatoms. The molecule has 3 rings (SSSR count). The van der Waals surface area contributed by atoms with E-state index in [1.807, 2.05) is 12.4 Å². The van der Waals surface area contributed by atoms with E-state index in [4.69, 9.17) is 0 Å². The van der Waals surface area contributed by atoms with Crippen LogP contribution in [0, 0.1) is 5.92 Å². The molecule has 2 aromatic rings. The van der Waals surface area contributed by atoms with Crippen molar-refractivity contribution in [2.75, 3.05) is 19.6 Å². The van der Waals surface area contributed by atoms with Crippen LogP contribution in [-0.4, -0.2) is 35.1 Å². The van der Waals surface area contributed by atoms with Gasteiger partial charge in [0.2, 0.25) is 0 Å². The maximum Gasteiger partial charge on any atom is 0.191 e. The minimum atomic E-state index is 0.827. The molecule has 0 atom stereocenters. The predicted octanol–water partition coefficient (Wildman–Crippen LogP) is 2.39. The van der Waals surface area contributed by atoms with Gasteiger partial charge in [0, 0.05) is 26.2 Å². The molecular formula is C17H25N5. The van der Waals surface area contributed by atoms with Crippen LogP contribution in [0.25, 0.3) is 11.0 Å². The van der Waals surface area contributed by atoms with Crippen molar-refractivity contribution < 1.29 is 0 Å². The SMILES string of the molecule is CCNC(=NCC1CC1)NCCCn1cnc2ccccc21. The van der Waals surface area contributed by atoms with Crippen LogP contribution >= 0.6 is 0 Å². The molecule has 1 heterocycles. The van der Waals surface area contributed by atoms with Crippen LogP contribution in [0.1, 0.15) is 26.2 Å². The number of benzene rings is 1. The van der Waals surface area contributed by atoms with Crippen molar-refractivity contribution in [2.45, 2.75) is 32.7 Å². The third kappa shape index (κ3) is 4.00. The molecule has 1 aromatic heterocycles.